The van der Waals surface area contributed by atoms with Crippen LogP contribution < -0.4 is 4.74 Å². The van der Waals surface area contributed by atoms with Gasteiger partial charge in [-0.05, 0) is 44.2 Å². The summed E-state index contributed by atoms with van der Waals surface area (Å²) >= 11 is 0. The van der Waals surface area contributed by atoms with E-state index in [-0.39, 0.29) is 36.5 Å². The highest BCUT2D eigenvalue weighted by Gasteiger charge is 2.39. The second-order valence-electron chi connectivity index (χ2n) is 9.40. The molecule has 2 heterocycles. The number of hydrogen-bond acceptors (Lipinski definition) is 7. The minimum absolute atomic E-state index is 0.114. The Bertz CT molecular complexity index is 1220. The molecule has 1 saturated heterocycles. The monoisotopic (exact) mass is 493 g/mol. The number of carbonyl (C=O) groups is 3. The largest absolute Gasteiger partial charge is 0.507 e. The van der Waals surface area contributed by atoms with Crippen LogP contribution in [-0.4, -0.2) is 47.7 Å². The highest BCUT2D eigenvalue weighted by molar-refractivity contribution is 5.98. The van der Waals surface area contributed by atoms with Gasteiger partial charge >= 0.3 is 12.1 Å². The number of rotatable bonds is 8. The Morgan fingerprint density at radius 1 is 1.25 bits per heavy atom. The molecule has 2 aromatic rings. The fourth-order valence-corrected chi connectivity index (χ4v) is 4.96. The Morgan fingerprint density at radius 3 is 2.67 bits per heavy atom. The predicted octanol–water partition coefficient (Wildman–Crippen LogP) is 4.48. The third kappa shape index (κ3) is 4.80. The number of benzene rings is 2. The van der Waals surface area contributed by atoms with Crippen LogP contribution >= 0.6 is 0 Å². The van der Waals surface area contributed by atoms with Gasteiger partial charge in [0.05, 0.1) is 13.2 Å². The maximum atomic E-state index is 13.2. The molecule has 8 nitrogen and oxygen atoms in total. The Labute approximate surface area is 210 Å². The van der Waals surface area contributed by atoms with Crippen LogP contribution in [0.5, 0.6) is 11.5 Å². The minimum atomic E-state index is -0.607. The van der Waals surface area contributed by atoms with Gasteiger partial charge in [-0.3, -0.25) is 4.79 Å². The number of methoxy groups -OCH3 is 1. The van der Waals surface area contributed by atoms with E-state index >= 15 is 0 Å². The van der Waals surface area contributed by atoms with Crippen molar-refractivity contribution < 1.29 is 33.7 Å². The second-order valence-corrected chi connectivity index (χ2v) is 9.40. The lowest BCUT2D eigenvalue weighted by atomic mass is 9.93. The summed E-state index contributed by atoms with van der Waals surface area (Å²) in [6.07, 6.45) is 2.57. The van der Waals surface area contributed by atoms with E-state index in [2.05, 4.69) is 0 Å². The lowest BCUT2D eigenvalue weighted by Gasteiger charge is -2.23. The van der Waals surface area contributed by atoms with E-state index < -0.39 is 18.0 Å². The maximum absolute atomic E-state index is 13.2. The molecule has 8 heteroatoms. The molecule has 36 heavy (non-hydrogen) atoms. The van der Waals surface area contributed by atoms with E-state index in [1.165, 1.54) is 12.0 Å². The maximum Gasteiger partial charge on any atom is 0.416 e. The predicted molar refractivity (Wildman–Crippen MR) is 132 cm³/mol. The third-order valence-corrected chi connectivity index (χ3v) is 6.86. The fraction of sp³-hybridized carbons (Fsp3) is 0.393. The zero-order valence-corrected chi connectivity index (χ0v) is 21.0. The number of allylic oxidation sites excluding steroid dienone is 2. The van der Waals surface area contributed by atoms with Gasteiger partial charge in [-0.25, -0.2) is 14.5 Å². The topological polar surface area (TPSA) is 102 Å². The number of ether oxygens (including phenoxy) is 3. The van der Waals surface area contributed by atoms with Gasteiger partial charge in [0.25, 0.3) is 0 Å². The van der Waals surface area contributed by atoms with E-state index in [1.807, 2.05) is 50.3 Å². The molecule has 2 aliphatic rings. The summed E-state index contributed by atoms with van der Waals surface area (Å²) in [5.41, 5.74) is 4.03. The van der Waals surface area contributed by atoms with E-state index in [0.29, 0.717) is 36.1 Å². The number of phenolic OH excluding ortho intramolecular Hbond substituents is 1. The van der Waals surface area contributed by atoms with Gasteiger partial charge in [0.2, 0.25) is 5.91 Å². The van der Waals surface area contributed by atoms with Crippen LogP contribution in [0.1, 0.15) is 52.9 Å². The standard InChI is InChI=1S/C28H31NO7/c1-16(10-11-21-24(30)23-22(15-35-27(23)32)18(3)25(21)34-4)12-17(2)26(31)29-20(14-36-28(29)33)13-19-8-6-5-7-9-19/h5-10,17,20,30H,11-15H2,1-4H3. The van der Waals surface area contributed by atoms with Crippen molar-refractivity contribution in [3.05, 3.63) is 69.8 Å². The Hall–Kier alpha value is -3.81. The zero-order chi connectivity index (χ0) is 26.0. The van der Waals surface area contributed by atoms with Crippen LogP contribution in [0.25, 0.3) is 0 Å². The molecule has 2 amide bonds. The van der Waals surface area contributed by atoms with Gasteiger partial charge in [0.1, 0.15) is 30.3 Å². The van der Waals surface area contributed by atoms with Crippen molar-refractivity contribution in [3.8, 4) is 11.5 Å². The molecule has 2 atom stereocenters. The van der Waals surface area contributed by atoms with Crippen molar-refractivity contribution in [2.24, 2.45) is 5.92 Å². The SMILES string of the molecule is COc1c(C)c2c(c(O)c1CC=C(C)CC(C)C(=O)N1C(=O)OCC1Cc1ccccc1)C(=O)OC2. The summed E-state index contributed by atoms with van der Waals surface area (Å²) in [5.74, 6) is -0.884. The summed E-state index contributed by atoms with van der Waals surface area (Å²) in [5, 5.41) is 10.8. The van der Waals surface area contributed by atoms with Crippen molar-refractivity contribution in [2.45, 2.75) is 52.7 Å². The Balaban J connectivity index is 1.47. The number of carbonyl (C=O) groups excluding carboxylic acids is 3. The number of imide groups is 1. The molecule has 0 spiro atoms. The number of nitrogens with zero attached hydrogens (tertiary/aromatic N) is 1. The summed E-state index contributed by atoms with van der Waals surface area (Å²) in [4.78, 5) is 39.0. The smallest absolute Gasteiger partial charge is 0.416 e. The lowest BCUT2D eigenvalue weighted by molar-refractivity contribution is -0.132. The molecule has 1 N–H and O–H groups in total. The van der Waals surface area contributed by atoms with Gasteiger partial charge in [0, 0.05) is 17.0 Å². The van der Waals surface area contributed by atoms with Crippen molar-refractivity contribution >= 4 is 18.0 Å². The van der Waals surface area contributed by atoms with Crippen molar-refractivity contribution in [1.29, 1.82) is 0 Å². The highest BCUT2D eigenvalue weighted by Crippen LogP contribution is 2.42. The molecule has 0 bridgehead atoms. The molecule has 0 aliphatic carbocycles. The molecular weight excluding hydrogens is 462 g/mol. The van der Waals surface area contributed by atoms with Crippen LogP contribution in [0, 0.1) is 12.8 Å². The first-order valence-electron chi connectivity index (χ1n) is 12.0. The minimum Gasteiger partial charge on any atom is -0.507 e. The average Bonchev–Trinajstić information content (AvgIpc) is 3.43. The number of hydrogen-bond donors (Lipinski definition) is 1. The second kappa shape index (κ2) is 10.4. The highest BCUT2D eigenvalue weighted by atomic mass is 16.6. The third-order valence-electron chi connectivity index (χ3n) is 6.86. The number of amides is 2. The summed E-state index contributed by atoms with van der Waals surface area (Å²) in [6.45, 7) is 5.81. The molecule has 0 radical (unpaired) electrons. The number of phenols is 1. The summed E-state index contributed by atoms with van der Waals surface area (Å²) in [7, 11) is 1.52. The zero-order valence-electron chi connectivity index (χ0n) is 21.0. The lowest BCUT2D eigenvalue weighted by Crippen LogP contribution is -2.43. The van der Waals surface area contributed by atoms with E-state index in [4.69, 9.17) is 14.2 Å². The molecule has 0 aromatic heterocycles. The first kappa shape index (κ1) is 25.3. The van der Waals surface area contributed by atoms with Crippen LogP contribution in [0.15, 0.2) is 42.0 Å². The normalized spacial score (nSPS) is 18.1. The van der Waals surface area contributed by atoms with Gasteiger partial charge in [-0.2, -0.15) is 0 Å². The number of fused-ring (bicyclic) bond motifs is 1. The van der Waals surface area contributed by atoms with E-state index in [1.54, 1.807) is 6.92 Å². The molecular formula is C28H31NO7. The van der Waals surface area contributed by atoms with Gasteiger partial charge in [-0.1, -0.05) is 48.9 Å². The van der Waals surface area contributed by atoms with Crippen molar-refractivity contribution in [1.82, 2.24) is 4.90 Å². The first-order chi connectivity index (χ1) is 17.2. The Morgan fingerprint density at radius 2 is 1.97 bits per heavy atom. The molecule has 2 unspecified atom stereocenters. The van der Waals surface area contributed by atoms with Gasteiger partial charge in [0.15, 0.2) is 0 Å². The average molecular weight is 494 g/mol. The molecule has 2 aliphatic heterocycles. The molecule has 0 saturated carbocycles. The van der Waals surface area contributed by atoms with Gasteiger partial charge < -0.3 is 19.3 Å². The summed E-state index contributed by atoms with van der Waals surface area (Å²) in [6, 6.07) is 9.36. The van der Waals surface area contributed by atoms with Crippen LogP contribution in [-0.2, 0) is 33.7 Å². The number of esters is 1. The number of aromatic hydroxyl groups is 1. The van der Waals surface area contributed by atoms with Crippen molar-refractivity contribution in [3.63, 3.8) is 0 Å². The van der Waals surface area contributed by atoms with Crippen LogP contribution in [0.4, 0.5) is 4.79 Å². The first-order valence-corrected chi connectivity index (χ1v) is 12.0. The van der Waals surface area contributed by atoms with Crippen molar-refractivity contribution in [2.75, 3.05) is 13.7 Å². The molecule has 2 aromatic carbocycles. The van der Waals surface area contributed by atoms with Crippen LogP contribution in [0.3, 0.4) is 0 Å². The number of cyclic esters (lactones) is 2. The summed E-state index contributed by atoms with van der Waals surface area (Å²) < 4.78 is 15.8. The van der Waals surface area contributed by atoms with Gasteiger partial charge in [-0.15, -0.1) is 0 Å². The van der Waals surface area contributed by atoms with E-state index in [0.717, 1.165) is 16.7 Å². The molecule has 4 rings (SSSR count). The fourth-order valence-electron chi connectivity index (χ4n) is 4.96. The molecule has 190 valence electrons. The van der Waals surface area contributed by atoms with Crippen LogP contribution in [0.2, 0.25) is 0 Å². The molecule has 1 fully saturated rings. The Kier molecular flexibility index (Phi) is 7.33. The van der Waals surface area contributed by atoms with E-state index in [9.17, 15) is 19.5 Å². The quantitative estimate of drug-likeness (QED) is 0.427.